The van der Waals surface area contributed by atoms with E-state index < -0.39 is 0 Å². The summed E-state index contributed by atoms with van der Waals surface area (Å²) in [6.07, 6.45) is 0. The van der Waals surface area contributed by atoms with Gasteiger partial charge in [-0.15, -0.1) is 0 Å². The summed E-state index contributed by atoms with van der Waals surface area (Å²) in [7, 11) is 0. The quantitative estimate of drug-likeness (QED) is 0.165. The van der Waals surface area contributed by atoms with Crippen LogP contribution in [0.5, 0.6) is 0 Å². The Morgan fingerprint density at radius 1 is 0.315 bits per heavy atom. The molecular weight excluding hydrogens is 1080 g/mol. The average Bonchev–Trinajstić information content (AvgIpc) is 1.53. The molecule has 2 aliphatic heterocycles. The number of benzene rings is 13. The van der Waals surface area contributed by atoms with Gasteiger partial charge in [-0.05, 0) is 123 Å². The highest BCUT2D eigenvalue weighted by molar-refractivity contribution is 7.00. The molecule has 0 bridgehead atoms. The Morgan fingerprint density at radius 3 is 1.06 bits per heavy atom. The van der Waals surface area contributed by atoms with Gasteiger partial charge in [0.05, 0.1) is 55.8 Å². The Bertz CT molecular complexity index is 5790. The number of nitrogens with zero attached hydrogens (tertiary/aromatic N) is 4. The lowest BCUT2D eigenvalue weighted by Gasteiger charge is -2.45. The molecule has 0 spiro atoms. The van der Waals surface area contributed by atoms with Crippen molar-refractivity contribution >= 4 is 177 Å². The summed E-state index contributed by atoms with van der Waals surface area (Å²) in [4.78, 5) is 5.19. The van der Waals surface area contributed by atoms with Crippen LogP contribution in [0.4, 0.5) is 34.1 Å². The fraction of sp³-hybridized carbons (Fsp3) is 0.0488. The molecule has 8 heterocycles. The minimum Gasteiger partial charge on any atom is -0.454 e. The third-order valence-electron chi connectivity index (χ3n) is 20.3. The van der Waals surface area contributed by atoms with E-state index in [2.05, 4.69) is 294 Å². The summed E-state index contributed by atoms with van der Waals surface area (Å²) in [6.45, 7) is 6.84. The highest BCUT2D eigenvalue weighted by atomic mass is 16.3. The molecule has 2 aliphatic rings. The van der Waals surface area contributed by atoms with Gasteiger partial charge in [0.25, 0.3) is 6.71 Å². The van der Waals surface area contributed by atoms with Crippen LogP contribution in [0.3, 0.4) is 0 Å². The molecule has 0 atom stereocenters. The molecule has 19 aromatic rings. The second-order valence-corrected chi connectivity index (χ2v) is 25.9. The molecule has 13 aromatic carbocycles. The maximum atomic E-state index is 7.35. The third kappa shape index (κ3) is 6.11. The molecule has 0 radical (unpaired) electrons. The molecule has 414 valence electrons. The summed E-state index contributed by atoms with van der Waals surface area (Å²) in [5, 5.41) is 14.3. The maximum absolute atomic E-state index is 7.35. The lowest BCUT2D eigenvalue weighted by Crippen LogP contribution is -2.61. The molecule has 6 aromatic heterocycles. The van der Waals surface area contributed by atoms with Gasteiger partial charge in [0.2, 0.25) is 0 Å². The molecule has 0 aliphatic carbocycles. The van der Waals surface area contributed by atoms with E-state index in [-0.39, 0.29) is 12.1 Å². The van der Waals surface area contributed by atoms with Crippen LogP contribution >= 0.6 is 0 Å². The Labute approximate surface area is 510 Å². The second kappa shape index (κ2) is 16.8. The van der Waals surface area contributed by atoms with Crippen molar-refractivity contribution < 1.29 is 8.83 Å². The SMILES string of the molecule is CC(C)(C)c1cc2c3c(c1)N(c1ccccc1-c1cc4c5ccccc5n5c6ccccc6c(c1)c45)c1c(ccc4c1oc1ccccc14)B3c1ccc3c(oc4ccccc43)c1N2c1ccccc1-c1cc2c3ccccc3n3c4ccccc4c(c1)c23. The van der Waals surface area contributed by atoms with E-state index in [4.69, 9.17) is 8.83 Å². The molecule has 0 amide bonds. The number of rotatable bonds is 4. The molecule has 0 fully saturated rings. The first-order valence-electron chi connectivity index (χ1n) is 31.0. The first-order chi connectivity index (χ1) is 43.8. The number of para-hydroxylation sites is 8. The van der Waals surface area contributed by atoms with Gasteiger partial charge in [-0.3, -0.25) is 0 Å². The number of furan rings is 2. The number of hydrogen-bond donors (Lipinski definition) is 0. The summed E-state index contributed by atoms with van der Waals surface area (Å²) < 4.78 is 19.7. The van der Waals surface area contributed by atoms with E-state index in [0.717, 1.165) is 100 Å². The Morgan fingerprint density at radius 2 is 0.663 bits per heavy atom. The lowest BCUT2D eigenvalue weighted by molar-refractivity contribution is 0.590. The fourth-order valence-corrected chi connectivity index (χ4v) is 16.5. The largest absolute Gasteiger partial charge is 0.454 e. The van der Waals surface area contributed by atoms with Gasteiger partial charge < -0.3 is 27.4 Å². The maximum Gasteiger partial charge on any atom is 0.252 e. The number of anilines is 6. The predicted octanol–water partition coefficient (Wildman–Crippen LogP) is 20.5. The van der Waals surface area contributed by atoms with E-state index in [1.807, 2.05) is 0 Å². The van der Waals surface area contributed by atoms with Crippen molar-refractivity contribution in [3.05, 3.63) is 260 Å². The smallest absolute Gasteiger partial charge is 0.252 e. The number of aromatic nitrogens is 2. The van der Waals surface area contributed by atoms with Gasteiger partial charge in [0.15, 0.2) is 11.2 Å². The first kappa shape index (κ1) is 47.9. The molecule has 0 unspecified atom stereocenters. The zero-order valence-electron chi connectivity index (χ0n) is 48.9. The second-order valence-electron chi connectivity index (χ2n) is 25.9. The summed E-state index contributed by atoms with van der Waals surface area (Å²) in [5.41, 5.74) is 26.4. The average molecular weight is 1140 g/mol. The van der Waals surface area contributed by atoms with E-state index in [1.165, 1.54) is 98.1 Å². The van der Waals surface area contributed by atoms with Crippen molar-refractivity contribution in [3.63, 3.8) is 0 Å². The van der Waals surface area contributed by atoms with Crippen LogP contribution in [-0.4, -0.2) is 15.5 Å². The van der Waals surface area contributed by atoms with Gasteiger partial charge in [-0.25, -0.2) is 0 Å². The molecular formula is C82H51BN4O2. The molecule has 0 saturated heterocycles. The summed E-state index contributed by atoms with van der Waals surface area (Å²) in [6, 6.07) is 95.2. The zero-order chi connectivity index (χ0) is 58.3. The van der Waals surface area contributed by atoms with Crippen molar-refractivity contribution in [2.75, 3.05) is 9.80 Å². The van der Waals surface area contributed by atoms with E-state index in [9.17, 15) is 0 Å². The van der Waals surface area contributed by atoms with Crippen LogP contribution in [0.25, 0.3) is 142 Å². The molecule has 0 N–H and O–H groups in total. The van der Waals surface area contributed by atoms with Gasteiger partial charge in [-0.1, -0.05) is 191 Å². The third-order valence-corrected chi connectivity index (χ3v) is 20.3. The van der Waals surface area contributed by atoms with Crippen LogP contribution in [0.15, 0.2) is 264 Å². The topological polar surface area (TPSA) is 41.6 Å². The minimum absolute atomic E-state index is 0.236. The fourth-order valence-electron chi connectivity index (χ4n) is 16.5. The van der Waals surface area contributed by atoms with Gasteiger partial charge in [0, 0.05) is 87.1 Å². The monoisotopic (exact) mass is 1130 g/mol. The van der Waals surface area contributed by atoms with Crippen LogP contribution in [0.2, 0.25) is 0 Å². The van der Waals surface area contributed by atoms with Gasteiger partial charge >= 0.3 is 0 Å². The highest BCUT2D eigenvalue weighted by Gasteiger charge is 2.47. The number of hydrogen-bond acceptors (Lipinski definition) is 4. The molecule has 6 nitrogen and oxygen atoms in total. The predicted molar refractivity (Wildman–Crippen MR) is 374 cm³/mol. The lowest BCUT2D eigenvalue weighted by atomic mass is 9.33. The normalized spacial score (nSPS) is 13.5. The van der Waals surface area contributed by atoms with Gasteiger partial charge in [0.1, 0.15) is 11.2 Å². The summed E-state index contributed by atoms with van der Waals surface area (Å²) >= 11 is 0. The van der Waals surface area contributed by atoms with Crippen LogP contribution in [0, 0.1) is 0 Å². The highest BCUT2D eigenvalue weighted by Crippen LogP contribution is 2.55. The van der Waals surface area contributed by atoms with Crippen LogP contribution in [-0.2, 0) is 5.41 Å². The van der Waals surface area contributed by atoms with E-state index in [0.29, 0.717) is 0 Å². The standard InChI is InChI=1S/C82H51BN4O2/c1-82(2,3)48-44-71-75-72(45-48)87(66-29-13-5-21-50(66)47-42-61-53-24-8-16-32-69(53)85-70-33-17-9-25-54(70)62(43-47)77(61)85)79-64(39-37-58-56-27-11-19-35-74(56)89-81(58)79)83(75)63-38-36-57-55-26-10-18-34-73(55)88-80(57)78(63)86(71)65-28-12-4-20-49(65)46-40-59-51-22-6-14-30-67(51)84-68-31-15-7-23-52(68)60(41-46)76(59)84/h4-45H,1-3H3. The Kier molecular flexibility index (Phi) is 9.06. The minimum atomic E-state index is -0.289. The van der Waals surface area contributed by atoms with Crippen molar-refractivity contribution in [3.8, 4) is 22.3 Å². The van der Waals surface area contributed by atoms with Crippen LogP contribution < -0.4 is 26.2 Å². The molecule has 89 heavy (non-hydrogen) atoms. The van der Waals surface area contributed by atoms with Crippen molar-refractivity contribution in [2.24, 2.45) is 0 Å². The van der Waals surface area contributed by atoms with Crippen molar-refractivity contribution in [1.82, 2.24) is 8.80 Å². The first-order valence-corrected chi connectivity index (χ1v) is 31.0. The van der Waals surface area contributed by atoms with Gasteiger partial charge in [-0.2, -0.15) is 0 Å². The van der Waals surface area contributed by atoms with E-state index >= 15 is 0 Å². The van der Waals surface area contributed by atoms with Crippen molar-refractivity contribution in [1.29, 1.82) is 0 Å². The van der Waals surface area contributed by atoms with Crippen LogP contribution in [0.1, 0.15) is 26.3 Å². The number of fused-ring (bicyclic) bond motifs is 24. The van der Waals surface area contributed by atoms with E-state index in [1.54, 1.807) is 0 Å². The molecule has 7 heteroatoms. The van der Waals surface area contributed by atoms with Crippen molar-refractivity contribution in [2.45, 2.75) is 26.2 Å². The molecule has 21 rings (SSSR count). The zero-order valence-corrected chi connectivity index (χ0v) is 48.9. The Balaban J connectivity index is 0.895. The molecule has 0 saturated carbocycles. The Hall–Kier alpha value is -11.3. The summed E-state index contributed by atoms with van der Waals surface area (Å²) in [5.74, 6) is 0.